The molecule has 49 heavy (non-hydrogen) atoms. The van der Waals surface area contributed by atoms with Gasteiger partial charge in [-0.3, -0.25) is 0 Å². The summed E-state index contributed by atoms with van der Waals surface area (Å²) in [5.74, 6) is 0.759. The SMILES string of the molecule is CC/C(C)=C(\N=C(N=C(C)c1ccccc1)C1=c2c(oc3ccc(-c4cc5c(c6c4C=CCC6)CCC=C5)cc23)=CCC1)c1ccccc1. The summed E-state index contributed by atoms with van der Waals surface area (Å²) in [5, 5.41) is 2.24. The molecule has 1 heterocycles. The van der Waals surface area contributed by atoms with Gasteiger partial charge in [0.1, 0.15) is 11.0 Å². The molecule has 3 heteroatoms. The highest BCUT2D eigenvalue weighted by Crippen LogP contribution is 2.38. The molecule has 5 aromatic rings. The van der Waals surface area contributed by atoms with Gasteiger partial charge in [0.05, 0.1) is 5.70 Å². The van der Waals surface area contributed by atoms with Crippen LogP contribution in [0.3, 0.4) is 0 Å². The number of benzene rings is 4. The van der Waals surface area contributed by atoms with E-state index < -0.39 is 0 Å². The second kappa shape index (κ2) is 13.3. The van der Waals surface area contributed by atoms with Crippen LogP contribution in [-0.4, -0.2) is 11.5 Å². The molecule has 4 aromatic carbocycles. The standard InChI is InChI=1S/C46H42N2O/c1-4-30(2)45(33-18-9-6-10-19-33)48-46(47-31(3)32-16-7-5-8-17-32)39-24-15-25-43-44(39)41-29-35(26-27-42(41)49-43)40-28-34-20-11-12-21-36(34)37-22-13-14-23-38(37)40/h5-11,14,16-20,23,25-29H,4,12-13,15,21-22,24H2,1-3H3/b45-30-,47-31?,48-46?. The van der Waals surface area contributed by atoms with Crippen LogP contribution in [0, 0.1) is 0 Å². The summed E-state index contributed by atoms with van der Waals surface area (Å²) in [5.41, 5.74) is 16.7. The molecule has 0 spiro atoms. The Hall–Kier alpha value is -5.28. The van der Waals surface area contributed by atoms with Crippen LogP contribution in [-0.2, 0) is 12.8 Å². The number of fused-ring (bicyclic) bond motifs is 6. The lowest BCUT2D eigenvalue weighted by molar-refractivity contribution is 0.571. The largest absolute Gasteiger partial charge is 0.456 e. The van der Waals surface area contributed by atoms with Crippen LogP contribution in [0.5, 0.6) is 0 Å². The van der Waals surface area contributed by atoms with Crippen LogP contribution >= 0.6 is 0 Å². The van der Waals surface area contributed by atoms with Crippen molar-refractivity contribution in [3.05, 3.63) is 147 Å². The normalized spacial score (nSPS) is 16.2. The first-order chi connectivity index (χ1) is 24.1. The van der Waals surface area contributed by atoms with E-state index in [1.807, 2.05) is 6.07 Å². The first-order valence-corrected chi connectivity index (χ1v) is 17.8. The van der Waals surface area contributed by atoms with E-state index in [9.17, 15) is 0 Å². The number of allylic oxidation sites excluding steroid dienone is 3. The van der Waals surface area contributed by atoms with E-state index in [0.717, 1.165) is 100 Å². The summed E-state index contributed by atoms with van der Waals surface area (Å²) in [6, 6.07) is 30.1. The van der Waals surface area contributed by atoms with Gasteiger partial charge in [0, 0.05) is 27.5 Å². The second-order valence-corrected chi connectivity index (χ2v) is 13.4. The van der Waals surface area contributed by atoms with Crippen LogP contribution < -0.4 is 10.6 Å². The molecule has 0 atom stereocenters. The van der Waals surface area contributed by atoms with Gasteiger partial charge in [-0.2, -0.15) is 0 Å². The molecular weight excluding hydrogens is 597 g/mol. The molecule has 0 N–H and O–H groups in total. The van der Waals surface area contributed by atoms with Gasteiger partial charge in [0.2, 0.25) is 0 Å². The number of furan rings is 1. The van der Waals surface area contributed by atoms with Gasteiger partial charge in [0.15, 0.2) is 5.84 Å². The van der Waals surface area contributed by atoms with Crippen molar-refractivity contribution >= 4 is 52.0 Å². The Morgan fingerprint density at radius 3 is 2.24 bits per heavy atom. The van der Waals surface area contributed by atoms with Crippen molar-refractivity contribution in [1.29, 1.82) is 0 Å². The number of amidine groups is 1. The highest BCUT2D eigenvalue weighted by molar-refractivity contribution is 6.25. The molecule has 3 aliphatic rings. The average molecular weight is 639 g/mol. The van der Waals surface area contributed by atoms with E-state index in [2.05, 4.69) is 130 Å². The summed E-state index contributed by atoms with van der Waals surface area (Å²) >= 11 is 0. The number of rotatable bonds is 6. The first-order valence-electron chi connectivity index (χ1n) is 17.8. The Bertz CT molecular complexity index is 2360. The van der Waals surface area contributed by atoms with Gasteiger partial charge >= 0.3 is 0 Å². The lowest BCUT2D eigenvalue weighted by atomic mass is 9.81. The van der Waals surface area contributed by atoms with Crippen LogP contribution in [0.2, 0.25) is 0 Å². The topological polar surface area (TPSA) is 37.9 Å². The Morgan fingerprint density at radius 1 is 0.735 bits per heavy atom. The third-order valence-corrected chi connectivity index (χ3v) is 10.3. The minimum absolute atomic E-state index is 0.759. The number of hydrogen-bond donors (Lipinski definition) is 0. The number of nitrogens with zero attached hydrogens (tertiary/aromatic N) is 2. The molecule has 0 radical (unpaired) electrons. The summed E-state index contributed by atoms with van der Waals surface area (Å²) in [4.78, 5) is 10.8. The summed E-state index contributed by atoms with van der Waals surface area (Å²) in [6.07, 6.45) is 18.7. The number of aliphatic imine (C=N–C) groups is 2. The zero-order valence-electron chi connectivity index (χ0n) is 28.7. The zero-order valence-corrected chi connectivity index (χ0v) is 28.7. The maximum Gasteiger partial charge on any atom is 0.156 e. The van der Waals surface area contributed by atoms with E-state index in [1.54, 1.807) is 0 Å². The second-order valence-electron chi connectivity index (χ2n) is 13.4. The van der Waals surface area contributed by atoms with Gasteiger partial charge in [-0.25, -0.2) is 9.98 Å². The molecule has 3 nitrogen and oxygen atoms in total. The quantitative estimate of drug-likeness (QED) is 0.135. The molecule has 0 unspecified atom stereocenters. The monoisotopic (exact) mass is 638 g/mol. The van der Waals surface area contributed by atoms with Crippen molar-refractivity contribution in [2.24, 2.45) is 9.98 Å². The van der Waals surface area contributed by atoms with Crippen molar-refractivity contribution in [1.82, 2.24) is 0 Å². The van der Waals surface area contributed by atoms with Crippen molar-refractivity contribution in [2.75, 3.05) is 0 Å². The smallest absolute Gasteiger partial charge is 0.156 e. The van der Waals surface area contributed by atoms with Crippen LogP contribution in [0.4, 0.5) is 0 Å². The lowest BCUT2D eigenvalue weighted by Gasteiger charge is -2.23. The molecule has 0 aliphatic heterocycles. The van der Waals surface area contributed by atoms with Gasteiger partial charge in [-0.1, -0.05) is 98.0 Å². The fourth-order valence-corrected chi connectivity index (χ4v) is 7.62. The molecule has 0 fully saturated rings. The maximum atomic E-state index is 6.60. The minimum Gasteiger partial charge on any atom is -0.456 e. The van der Waals surface area contributed by atoms with E-state index in [-0.39, 0.29) is 0 Å². The summed E-state index contributed by atoms with van der Waals surface area (Å²) < 4.78 is 6.60. The molecule has 3 aliphatic carbocycles. The van der Waals surface area contributed by atoms with Gasteiger partial charge in [0.25, 0.3) is 0 Å². The van der Waals surface area contributed by atoms with Crippen LogP contribution in [0.15, 0.2) is 117 Å². The Kier molecular flexibility index (Phi) is 8.43. The molecule has 1 aromatic heterocycles. The summed E-state index contributed by atoms with van der Waals surface area (Å²) in [7, 11) is 0. The van der Waals surface area contributed by atoms with Crippen LogP contribution in [0.25, 0.3) is 51.6 Å². The van der Waals surface area contributed by atoms with Crippen molar-refractivity contribution in [3.63, 3.8) is 0 Å². The summed E-state index contributed by atoms with van der Waals surface area (Å²) in [6.45, 7) is 6.47. The number of hydrogen-bond acceptors (Lipinski definition) is 2. The minimum atomic E-state index is 0.759. The Labute approximate surface area is 289 Å². The molecule has 8 rings (SSSR count). The highest BCUT2D eigenvalue weighted by Gasteiger charge is 2.22. The van der Waals surface area contributed by atoms with E-state index in [1.165, 1.54) is 39.0 Å². The average Bonchev–Trinajstić information content (AvgIpc) is 3.55. The fraction of sp³-hybridized carbons (Fsp3) is 0.217. The van der Waals surface area contributed by atoms with Gasteiger partial charge < -0.3 is 4.42 Å². The molecule has 0 saturated carbocycles. The predicted octanol–water partition coefficient (Wildman–Crippen LogP) is 10.5. The van der Waals surface area contributed by atoms with Crippen molar-refractivity contribution in [2.45, 2.75) is 65.7 Å². The fourth-order valence-electron chi connectivity index (χ4n) is 7.62. The third kappa shape index (κ3) is 5.88. The highest BCUT2D eigenvalue weighted by atomic mass is 16.3. The first kappa shape index (κ1) is 31.0. The predicted molar refractivity (Wildman–Crippen MR) is 208 cm³/mol. The van der Waals surface area contributed by atoms with Gasteiger partial charge in [-0.05, 0) is 128 Å². The third-order valence-electron chi connectivity index (χ3n) is 10.3. The van der Waals surface area contributed by atoms with Crippen molar-refractivity contribution in [3.8, 4) is 11.1 Å². The molecule has 0 bridgehead atoms. The van der Waals surface area contributed by atoms with E-state index >= 15 is 0 Å². The molecule has 0 amide bonds. The Balaban J connectivity index is 1.39. The van der Waals surface area contributed by atoms with Crippen molar-refractivity contribution < 1.29 is 4.42 Å². The molecule has 242 valence electrons. The molecule has 0 saturated heterocycles. The van der Waals surface area contributed by atoms with Gasteiger partial charge in [-0.15, -0.1) is 0 Å². The zero-order chi connectivity index (χ0) is 33.3. The molecular formula is C46H42N2O. The van der Waals surface area contributed by atoms with Crippen LogP contribution in [0.1, 0.15) is 86.3 Å². The lowest BCUT2D eigenvalue weighted by Crippen LogP contribution is -2.29. The van der Waals surface area contributed by atoms with E-state index in [0.29, 0.717) is 0 Å². The maximum absolute atomic E-state index is 6.60. The van der Waals surface area contributed by atoms with E-state index in [4.69, 9.17) is 14.4 Å². The Morgan fingerprint density at radius 2 is 1.47 bits per heavy atom.